The van der Waals surface area contributed by atoms with Crippen molar-refractivity contribution in [3.63, 3.8) is 0 Å². The summed E-state index contributed by atoms with van der Waals surface area (Å²) in [5.74, 6) is -0.748. The van der Waals surface area contributed by atoms with Gasteiger partial charge in [0.25, 0.3) is 10.0 Å². The van der Waals surface area contributed by atoms with Gasteiger partial charge in [-0.2, -0.15) is 0 Å². The lowest BCUT2D eigenvalue weighted by Gasteiger charge is -2.12. The van der Waals surface area contributed by atoms with Gasteiger partial charge < -0.3 is 5.73 Å². The fraction of sp³-hybridized carbons (Fsp3) is 0.0769. The van der Waals surface area contributed by atoms with Gasteiger partial charge in [0.2, 0.25) is 0 Å². The summed E-state index contributed by atoms with van der Waals surface area (Å²) in [6, 6.07) is 8.21. The van der Waals surface area contributed by atoms with Gasteiger partial charge in [-0.3, -0.25) is 4.72 Å². The summed E-state index contributed by atoms with van der Waals surface area (Å²) in [6.45, 7) is 1.59. The normalized spacial score (nSPS) is 11.3. The van der Waals surface area contributed by atoms with Crippen LogP contribution in [0.4, 0.5) is 15.8 Å². The zero-order valence-corrected chi connectivity index (χ0v) is 12.1. The average molecular weight is 315 g/mol. The van der Waals surface area contributed by atoms with E-state index in [9.17, 15) is 12.8 Å². The number of benzene rings is 2. The first-order chi connectivity index (χ1) is 9.31. The van der Waals surface area contributed by atoms with Crippen LogP contribution in [0.25, 0.3) is 0 Å². The van der Waals surface area contributed by atoms with Crippen LogP contribution in [0.3, 0.4) is 0 Å². The number of rotatable bonds is 3. The van der Waals surface area contributed by atoms with Crippen molar-refractivity contribution in [3.05, 3.63) is 52.8 Å². The van der Waals surface area contributed by atoms with Gasteiger partial charge in [0, 0.05) is 10.7 Å². The molecule has 0 aliphatic carbocycles. The minimum Gasteiger partial charge on any atom is -0.398 e. The molecule has 2 aromatic carbocycles. The van der Waals surface area contributed by atoms with Gasteiger partial charge >= 0.3 is 0 Å². The Morgan fingerprint density at radius 3 is 2.60 bits per heavy atom. The standard InChI is InChI=1S/C13H12ClFN2O2S/c1-8-11(16)3-2-4-13(8)20(18,19)17-12-6-5-9(14)7-10(12)15/h2-7,17H,16H2,1H3. The molecule has 7 heteroatoms. The lowest BCUT2D eigenvalue weighted by Crippen LogP contribution is -2.15. The fourth-order valence-corrected chi connectivity index (χ4v) is 3.20. The van der Waals surface area contributed by atoms with Gasteiger partial charge in [0.1, 0.15) is 5.82 Å². The van der Waals surface area contributed by atoms with E-state index < -0.39 is 15.8 Å². The third-order valence-corrected chi connectivity index (χ3v) is 4.54. The summed E-state index contributed by atoms with van der Waals surface area (Å²) in [5, 5.41) is 0.186. The number of hydrogen-bond donors (Lipinski definition) is 2. The van der Waals surface area contributed by atoms with Gasteiger partial charge in [-0.15, -0.1) is 0 Å². The van der Waals surface area contributed by atoms with Crippen molar-refractivity contribution < 1.29 is 12.8 Å². The van der Waals surface area contributed by atoms with E-state index >= 15 is 0 Å². The lowest BCUT2D eigenvalue weighted by atomic mass is 10.2. The van der Waals surface area contributed by atoms with Crippen LogP contribution in [-0.2, 0) is 10.0 Å². The summed E-state index contributed by atoms with van der Waals surface area (Å²) in [6.07, 6.45) is 0. The van der Waals surface area contributed by atoms with Crippen molar-refractivity contribution in [1.82, 2.24) is 0 Å². The lowest BCUT2D eigenvalue weighted by molar-refractivity contribution is 0.598. The van der Waals surface area contributed by atoms with Crippen molar-refractivity contribution in [1.29, 1.82) is 0 Å². The molecule has 20 heavy (non-hydrogen) atoms. The molecule has 2 rings (SSSR count). The van der Waals surface area contributed by atoms with Crippen molar-refractivity contribution in [2.45, 2.75) is 11.8 Å². The second kappa shape index (κ2) is 5.30. The predicted molar refractivity (Wildman–Crippen MR) is 77.8 cm³/mol. The van der Waals surface area contributed by atoms with Crippen LogP contribution in [0.1, 0.15) is 5.56 Å². The van der Waals surface area contributed by atoms with Crippen LogP contribution >= 0.6 is 11.6 Å². The SMILES string of the molecule is Cc1c(N)cccc1S(=O)(=O)Nc1ccc(Cl)cc1F. The zero-order chi connectivity index (χ0) is 14.9. The number of halogens is 2. The average Bonchev–Trinajstić information content (AvgIpc) is 2.36. The molecule has 0 unspecified atom stereocenters. The number of anilines is 2. The number of sulfonamides is 1. The summed E-state index contributed by atoms with van der Waals surface area (Å²) >= 11 is 5.62. The number of nitrogens with one attached hydrogen (secondary N) is 1. The second-order valence-corrected chi connectivity index (χ2v) is 6.29. The van der Waals surface area contributed by atoms with Gasteiger partial charge in [-0.05, 0) is 42.8 Å². The second-order valence-electron chi connectivity index (χ2n) is 4.20. The predicted octanol–water partition coefficient (Wildman–Crippen LogP) is 3.17. The summed E-state index contributed by atoms with van der Waals surface area (Å²) in [4.78, 5) is 0.00634. The van der Waals surface area contributed by atoms with E-state index in [4.69, 9.17) is 17.3 Å². The smallest absolute Gasteiger partial charge is 0.262 e. The maximum absolute atomic E-state index is 13.6. The quantitative estimate of drug-likeness (QED) is 0.855. The topological polar surface area (TPSA) is 72.2 Å². The van der Waals surface area contributed by atoms with E-state index in [1.807, 2.05) is 0 Å². The molecule has 0 radical (unpaired) electrons. The van der Waals surface area contributed by atoms with Crippen molar-refractivity contribution >= 4 is 33.0 Å². The first-order valence-electron chi connectivity index (χ1n) is 5.64. The molecular formula is C13H12ClFN2O2S. The molecule has 0 saturated heterocycles. The van der Waals surface area contributed by atoms with Crippen molar-refractivity contribution in [2.24, 2.45) is 0 Å². The summed E-state index contributed by atoms with van der Waals surface area (Å²) in [5.41, 5.74) is 6.27. The highest BCUT2D eigenvalue weighted by Crippen LogP contribution is 2.25. The third kappa shape index (κ3) is 2.86. The third-order valence-electron chi connectivity index (χ3n) is 2.79. The van der Waals surface area contributed by atoms with E-state index in [1.54, 1.807) is 13.0 Å². The molecule has 0 aromatic heterocycles. The van der Waals surface area contributed by atoms with Crippen LogP contribution in [0.2, 0.25) is 5.02 Å². The highest BCUT2D eigenvalue weighted by atomic mass is 35.5. The largest absolute Gasteiger partial charge is 0.398 e. The first-order valence-corrected chi connectivity index (χ1v) is 7.50. The molecule has 2 aromatic rings. The Balaban J connectivity index is 2.44. The van der Waals surface area contributed by atoms with Crippen LogP contribution in [0.5, 0.6) is 0 Å². The van der Waals surface area contributed by atoms with Gasteiger partial charge in [0.15, 0.2) is 0 Å². The molecule has 3 N–H and O–H groups in total. The number of nitrogen functional groups attached to an aromatic ring is 1. The molecule has 4 nitrogen and oxygen atoms in total. The summed E-state index contributed by atoms with van der Waals surface area (Å²) < 4.78 is 40.3. The number of nitrogens with two attached hydrogens (primary N) is 1. The molecule has 0 bridgehead atoms. The molecule has 0 aliphatic heterocycles. The maximum atomic E-state index is 13.6. The Morgan fingerprint density at radius 2 is 1.95 bits per heavy atom. The van der Waals surface area contributed by atoms with Gasteiger partial charge in [0.05, 0.1) is 10.6 Å². The molecule has 106 valence electrons. The van der Waals surface area contributed by atoms with Crippen molar-refractivity contribution in [2.75, 3.05) is 10.5 Å². The van der Waals surface area contributed by atoms with E-state index in [0.717, 1.165) is 6.07 Å². The van der Waals surface area contributed by atoms with E-state index in [2.05, 4.69) is 4.72 Å². The van der Waals surface area contributed by atoms with Crippen LogP contribution in [-0.4, -0.2) is 8.42 Å². The van der Waals surface area contributed by atoms with E-state index in [1.165, 1.54) is 24.3 Å². The highest BCUT2D eigenvalue weighted by Gasteiger charge is 2.19. The number of hydrogen-bond acceptors (Lipinski definition) is 3. The Bertz CT molecular complexity index is 763. The Labute approximate surface area is 121 Å². The minimum absolute atomic E-state index is 0.00634. The molecular weight excluding hydrogens is 303 g/mol. The van der Waals surface area contributed by atoms with E-state index in [-0.39, 0.29) is 15.6 Å². The minimum atomic E-state index is -3.91. The Morgan fingerprint density at radius 1 is 1.25 bits per heavy atom. The van der Waals surface area contributed by atoms with Gasteiger partial charge in [-0.1, -0.05) is 17.7 Å². The van der Waals surface area contributed by atoms with Crippen LogP contribution < -0.4 is 10.5 Å². The van der Waals surface area contributed by atoms with Gasteiger partial charge in [-0.25, -0.2) is 12.8 Å². The van der Waals surface area contributed by atoms with Crippen LogP contribution in [0, 0.1) is 12.7 Å². The molecule has 0 heterocycles. The molecule has 0 saturated carbocycles. The Kier molecular flexibility index (Phi) is 3.87. The molecule has 0 spiro atoms. The fourth-order valence-electron chi connectivity index (χ4n) is 1.69. The molecule has 0 atom stereocenters. The van der Waals surface area contributed by atoms with E-state index in [0.29, 0.717) is 11.3 Å². The Hall–Kier alpha value is -1.79. The molecule has 0 fully saturated rings. The first kappa shape index (κ1) is 14.6. The molecule has 0 aliphatic rings. The maximum Gasteiger partial charge on any atom is 0.262 e. The summed E-state index contributed by atoms with van der Waals surface area (Å²) in [7, 11) is -3.91. The zero-order valence-electron chi connectivity index (χ0n) is 10.5. The highest BCUT2D eigenvalue weighted by molar-refractivity contribution is 7.92. The monoisotopic (exact) mass is 314 g/mol. The van der Waals surface area contributed by atoms with Crippen LogP contribution in [0.15, 0.2) is 41.3 Å². The molecule has 0 amide bonds. The van der Waals surface area contributed by atoms with Crippen molar-refractivity contribution in [3.8, 4) is 0 Å².